The molecule has 0 bridgehead atoms. The molecule has 98 valence electrons. The molecule has 0 radical (unpaired) electrons. The zero-order valence-corrected chi connectivity index (χ0v) is 14.1. The maximum atomic E-state index is 13.7. The summed E-state index contributed by atoms with van der Waals surface area (Å²) in [6, 6.07) is 9.71. The van der Waals surface area contributed by atoms with Gasteiger partial charge in [0.05, 0.1) is 11.3 Å². The van der Waals surface area contributed by atoms with Gasteiger partial charge in [-0.2, -0.15) is 0 Å². The highest BCUT2D eigenvalue weighted by Crippen LogP contribution is 2.31. The number of rotatable bonds is 2. The molecule has 6 heteroatoms. The number of para-hydroxylation sites is 1. The first kappa shape index (κ1) is 14.7. The Balaban J connectivity index is 2.31. The van der Waals surface area contributed by atoms with Gasteiger partial charge in [0.1, 0.15) is 5.82 Å². The van der Waals surface area contributed by atoms with Gasteiger partial charge in [0, 0.05) is 13.4 Å². The van der Waals surface area contributed by atoms with Gasteiger partial charge in [-0.1, -0.05) is 22.0 Å². The number of amides is 1. The number of anilines is 1. The number of nitrogens with one attached hydrogen (secondary N) is 1. The molecule has 0 saturated carbocycles. The average Bonchev–Trinajstić information content (AvgIpc) is 2.33. The molecule has 0 atom stereocenters. The fourth-order valence-electron chi connectivity index (χ4n) is 1.47. The first-order valence-corrected chi connectivity index (χ1v) is 7.57. The van der Waals surface area contributed by atoms with Gasteiger partial charge in [-0.25, -0.2) is 4.39 Å². The van der Waals surface area contributed by atoms with Gasteiger partial charge >= 0.3 is 0 Å². The third-order valence-corrected chi connectivity index (χ3v) is 4.19. The van der Waals surface area contributed by atoms with Gasteiger partial charge < -0.3 is 5.32 Å². The van der Waals surface area contributed by atoms with E-state index < -0.39 is 11.7 Å². The van der Waals surface area contributed by atoms with Gasteiger partial charge in [-0.3, -0.25) is 4.79 Å². The van der Waals surface area contributed by atoms with Crippen LogP contribution in [0.3, 0.4) is 0 Å². The molecule has 2 rings (SSSR count). The van der Waals surface area contributed by atoms with E-state index in [1.54, 1.807) is 18.2 Å². The molecular formula is C13H7Br3FNO. The van der Waals surface area contributed by atoms with Crippen LogP contribution in [0.2, 0.25) is 0 Å². The van der Waals surface area contributed by atoms with Gasteiger partial charge in [0.15, 0.2) is 0 Å². The number of carbonyl (C=O) groups excluding carboxylic acids is 1. The Labute approximate surface area is 134 Å². The minimum absolute atomic E-state index is 0.00847. The summed E-state index contributed by atoms with van der Waals surface area (Å²) in [4.78, 5) is 12.0. The predicted octanol–water partition coefficient (Wildman–Crippen LogP) is 5.37. The molecule has 2 nitrogen and oxygen atoms in total. The molecular weight excluding hydrogens is 445 g/mol. The van der Waals surface area contributed by atoms with E-state index in [1.165, 1.54) is 12.1 Å². The summed E-state index contributed by atoms with van der Waals surface area (Å²) < 4.78 is 15.7. The summed E-state index contributed by atoms with van der Waals surface area (Å²) in [7, 11) is 0. The fourth-order valence-corrected chi connectivity index (χ4v) is 3.00. The third-order valence-electron chi connectivity index (χ3n) is 2.38. The maximum absolute atomic E-state index is 13.7. The number of halogens is 4. The molecule has 0 fully saturated rings. The molecule has 0 aliphatic carbocycles. The van der Waals surface area contributed by atoms with Gasteiger partial charge in [0.2, 0.25) is 0 Å². The second-order valence-corrected chi connectivity index (χ2v) is 6.30. The van der Waals surface area contributed by atoms with Crippen LogP contribution in [-0.4, -0.2) is 5.91 Å². The number of hydrogen-bond acceptors (Lipinski definition) is 1. The monoisotopic (exact) mass is 449 g/mol. The van der Waals surface area contributed by atoms with E-state index in [1.807, 2.05) is 6.07 Å². The normalized spacial score (nSPS) is 10.3. The van der Waals surface area contributed by atoms with Crippen LogP contribution in [0.5, 0.6) is 0 Å². The van der Waals surface area contributed by atoms with Gasteiger partial charge in [-0.15, -0.1) is 0 Å². The van der Waals surface area contributed by atoms with E-state index in [2.05, 4.69) is 53.1 Å². The Bertz CT molecular complexity index is 626. The first-order valence-electron chi connectivity index (χ1n) is 5.19. The van der Waals surface area contributed by atoms with E-state index in [4.69, 9.17) is 0 Å². The lowest BCUT2D eigenvalue weighted by Gasteiger charge is -2.10. The van der Waals surface area contributed by atoms with Gasteiger partial charge in [0.25, 0.3) is 5.91 Å². The number of carbonyl (C=O) groups is 1. The second kappa shape index (κ2) is 6.15. The van der Waals surface area contributed by atoms with E-state index >= 15 is 0 Å². The summed E-state index contributed by atoms with van der Waals surface area (Å²) in [5, 5.41) is 2.67. The van der Waals surface area contributed by atoms with Crippen LogP contribution in [0.15, 0.2) is 49.8 Å². The largest absolute Gasteiger partial charge is 0.320 e. The van der Waals surface area contributed by atoms with Crippen molar-refractivity contribution in [2.24, 2.45) is 0 Å². The fraction of sp³-hybridized carbons (Fsp3) is 0. The predicted molar refractivity (Wildman–Crippen MR) is 83.9 cm³/mol. The molecule has 1 N–H and O–H groups in total. The highest BCUT2D eigenvalue weighted by molar-refractivity contribution is 9.11. The van der Waals surface area contributed by atoms with E-state index in [9.17, 15) is 9.18 Å². The molecule has 0 unspecified atom stereocenters. The lowest BCUT2D eigenvalue weighted by atomic mass is 10.2. The average molecular weight is 452 g/mol. The van der Waals surface area contributed by atoms with Crippen molar-refractivity contribution in [3.05, 3.63) is 61.2 Å². The molecule has 0 aliphatic rings. The molecule has 0 spiro atoms. The van der Waals surface area contributed by atoms with E-state index in [0.717, 1.165) is 0 Å². The van der Waals surface area contributed by atoms with Crippen molar-refractivity contribution in [3.63, 3.8) is 0 Å². The zero-order chi connectivity index (χ0) is 14.0. The molecule has 2 aromatic rings. The molecule has 0 aromatic heterocycles. The van der Waals surface area contributed by atoms with Crippen LogP contribution in [0.4, 0.5) is 10.1 Å². The summed E-state index contributed by atoms with van der Waals surface area (Å²) in [6.07, 6.45) is 0. The van der Waals surface area contributed by atoms with Crippen LogP contribution >= 0.6 is 47.8 Å². The Kier molecular flexibility index (Phi) is 4.76. The molecule has 1 amide bonds. The smallest absolute Gasteiger partial charge is 0.258 e. The van der Waals surface area contributed by atoms with Crippen molar-refractivity contribution >= 4 is 59.4 Å². The number of hydrogen-bond donors (Lipinski definition) is 1. The van der Waals surface area contributed by atoms with Crippen LogP contribution in [0.25, 0.3) is 0 Å². The first-order chi connectivity index (χ1) is 8.99. The van der Waals surface area contributed by atoms with Crippen LogP contribution < -0.4 is 5.32 Å². The van der Waals surface area contributed by atoms with Crippen molar-refractivity contribution in [1.82, 2.24) is 0 Å². The lowest BCUT2D eigenvalue weighted by Crippen LogP contribution is -2.14. The minimum Gasteiger partial charge on any atom is -0.320 e. The summed E-state index contributed by atoms with van der Waals surface area (Å²) >= 11 is 9.81. The summed E-state index contributed by atoms with van der Waals surface area (Å²) in [6.45, 7) is 0. The van der Waals surface area contributed by atoms with Crippen molar-refractivity contribution in [2.45, 2.75) is 0 Å². The standard InChI is InChI=1S/C13H7Br3FNO/c14-7-4-5-8(11(17)6-7)13(19)18-12-9(15)2-1-3-10(12)16/h1-6H,(H,18,19). The molecule has 2 aromatic carbocycles. The third kappa shape index (κ3) is 3.43. The van der Waals surface area contributed by atoms with E-state index in [0.29, 0.717) is 19.1 Å². The Morgan fingerprint density at radius 3 is 2.26 bits per heavy atom. The SMILES string of the molecule is O=C(Nc1c(Br)cccc1Br)c1ccc(Br)cc1F. The van der Waals surface area contributed by atoms with Gasteiger partial charge in [-0.05, 0) is 62.2 Å². The second-order valence-electron chi connectivity index (χ2n) is 3.67. The highest BCUT2D eigenvalue weighted by Gasteiger charge is 2.14. The minimum atomic E-state index is -0.574. The van der Waals surface area contributed by atoms with E-state index in [-0.39, 0.29) is 5.56 Å². The Morgan fingerprint density at radius 2 is 1.68 bits per heavy atom. The Morgan fingerprint density at radius 1 is 1.05 bits per heavy atom. The Hall–Kier alpha value is -0.720. The summed E-state index contributed by atoms with van der Waals surface area (Å²) in [5.74, 6) is -1.08. The molecule has 19 heavy (non-hydrogen) atoms. The highest BCUT2D eigenvalue weighted by atomic mass is 79.9. The molecule has 0 aliphatic heterocycles. The molecule has 0 saturated heterocycles. The van der Waals surface area contributed by atoms with Crippen molar-refractivity contribution < 1.29 is 9.18 Å². The maximum Gasteiger partial charge on any atom is 0.258 e. The zero-order valence-electron chi connectivity index (χ0n) is 9.38. The van der Waals surface area contributed by atoms with Crippen LogP contribution in [0, 0.1) is 5.82 Å². The van der Waals surface area contributed by atoms with Crippen LogP contribution in [0.1, 0.15) is 10.4 Å². The molecule has 0 heterocycles. The van der Waals surface area contributed by atoms with Crippen LogP contribution in [-0.2, 0) is 0 Å². The lowest BCUT2D eigenvalue weighted by molar-refractivity contribution is 0.102. The summed E-state index contributed by atoms with van der Waals surface area (Å²) in [5.41, 5.74) is 0.556. The number of benzene rings is 2. The topological polar surface area (TPSA) is 29.1 Å². The van der Waals surface area contributed by atoms with Crippen molar-refractivity contribution in [1.29, 1.82) is 0 Å². The van der Waals surface area contributed by atoms with Crippen molar-refractivity contribution in [3.8, 4) is 0 Å². The quantitative estimate of drug-likeness (QED) is 0.653. The van der Waals surface area contributed by atoms with Crippen molar-refractivity contribution in [2.75, 3.05) is 5.32 Å².